The number of amides is 1. The summed E-state index contributed by atoms with van der Waals surface area (Å²) in [5.74, 6) is 1.25. The molecule has 0 aliphatic carbocycles. The van der Waals surface area contributed by atoms with Gasteiger partial charge in [-0.05, 0) is 31.0 Å². The molecule has 0 radical (unpaired) electrons. The van der Waals surface area contributed by atoms with Crippen molar-refractivity contribution >= 4 is 22.6 Å². The Labute approximate surface area is 117 Å². The lowest BCUT2D eigenvalue weighted by molar-refractivity contribution is -0.124. The van der Waals surface area contributed by atoms with Crippen molar-refractivity contribution in [3.05, 3.63) is 24.0 Å². The Hall–Kier alpha value is -1.88. The van der Waals surface area contributed by atoms with E-state index in [0.717, 1.165) is 35.4 Å². The maximum Gasteiger partial charge on any atom is 0.253 e. The lowest BCUT2D eigenvalue weighted by Gasteiger charge is -2.10. The summed E-state index contributed by atoms with van der Waals surface area (Å²) in [6.07, 6.45) is 1.45. The van der Waals surface area contributed by atoms with E-state index in [1.54, 1.807) is 0 Å². The third kappa shape index (κ3) is 2.54. The molecule has 106 valence electrons. The number of anilines is 1. The zero-order valence-electron chi connectivity index (χ0n) is 11.8. The average molecular weight is 273 g/mol. The highest BCUT2D eigenvalue weighted by molar-refractivity contribution is 5.96. The Morgan fingerprint density at radius 3 is 3.05 bits per heavy atom. The molecule has 1 aromatic carbocycles. The Bertz CT molecular complexity index is 627. The van der Waals surface area contributed by atoms with Crippen LogP contribution in [0.3, 0.4) is 0 Å². The van der Waals surface area contributed by atoms with Crippen molar-refractivity contribution < 1.29 is 9.53 Å². The number of aromatic amines is 1. The Morgan fingerprint density at radius 1 is 1.50 bits per heavy atom. The van der Waals surface area contributed by atoms with Gasteiger partial charge < -0.3 is 15.0 Å². The zero-order valence-corrected chi connectivity index (χ0v) is 11.8. The minimum atomic E-state index is -0.307. The molecule has 1 aliphatic rings. The van der Waals surface area contributed by atoms with E-state index < -0.39 is 0 Å². The minimum absolute atomic E-state index is 0.0644. The molecule has 2 N–H and O–H groups in total. The predicted molar refractivity (Wildman–Crippen MR) is 77.8 cm³/mol. The van der Waals surface area contributed by atoms with Crippen LogP contribution in [-0.2, 0) is 9.53 Å². The summed E-state index contributed by atoms with van der Waals surface area (Å²) >= 11 is 0. The van der Waals surface area contributed by atoms with Gasteiger partial charge in [-0.25, -0.2) is 4.98 Å². The van der Waals surface area contributed by atoms with Crippen LogP contribution in [0.25, 0.3) is 11.0 Å². The van der Waals surface area contributed by atoms with Gasteiger partial charge in [0.2, 0.25) is 0 Å². The molecule has 2 aromatic rings. The number of rotatable bonds is 3. The van der Waals surface area contributed by atoms with Crippen LogP contribution in [0.2, 0.25) is 0 Å². The van der Waals surface area contributed by atoms with E-state index in [-0.39, 0.29) is 12.0 Å². The van der Waals surface area contributed by atoms with Gasteiger partial charge in [0.05, 0.1) is 11.0 Å². The summed E-state index contributed by atoms with van der Waals surface area (Å²) in [4.78, 5) is 19.8. The fourth-order valence-corrected chi connectivity index (χ4v) is 2.39. The molecule has 5 nitrogen and oxygen atoms in total. The zero-order chi connectivity index (χ0) is 14.1. The molecule has 20 heavy (non-hydrogen) atoms. The summed E-state index contributed by atoms with van der Waals surface area (Å²) in [5, 5.41) is 2.90. The molecule has 1 unspecified atom stereocenters. The quantitative estimate of drug-likeness (QED) is 0.903. The summed E-state index contributed by atoms with van der Waals surface area (Å²) in [6.45, 7) is 4.87. The Morgan fingerprint density at radius 2 is 2.35 bits per heavy atom. The van der Waals surface area contributed by atoms with Crippen molar-refractivity contribution in [3.63, 3.8) is 0 Å². The van der Waals surface area contributed by atoms with E-state index in [0.29, 0.717) is 12.5 Å². The number of H-pyrrole nitrogens is 1. The number of imidazole rings is 1. The van der Waals surface area contributed by atoms with Crippen LogP contribution in [-0.4, -0.2) is 28.6 Å². The lowest BCUT2D eigenvalue weighted by atomic mass is 10.2. The number of aromatic nitrogens is 2. The Balaban J connectivity index is 1.79. The summed E-state index contributed by atoms with van der Waals surface area (Å²) in [5.41, 5.74) is 2.64. The monoisotopic (exact) mass is 273 g/mol. The van der Waals surface area contributed by atoms with E-state index in [2.05, 4.69) is 29.1 Å². The van der Waals surface area contributed by atoms with E-state index in [9.17, 15) is 4.79 Å². The maximum atomic E-state index is 12.0. The number of hydrogen-bond donors (Lipinski definition) is 2. The first-order chi connectivity index (χ1) is 9.63. The third-order valence-electron chi connectivity index (χ3n) is 3.54. The smallest absolute Gasteiger partial charge is 0.253 e. The summed E-state index contributed by atoms with van der Waals surface area (Å²) in [7, 11) is 0. The second kappa shape index (κ2) is 5.25. The second-order valence-corrected chi connectivity index (χ2v) is 5.50. The van der Waals surface area contributed by atoms with Gasteiger partial charge in [0.1, 0.15) is 11.9 Å². The van der Waals surface area contributed by atoms with Crippen molar-refractivity contribution in [1.29, 1.82) is 0 Å². The van der Waals surface area contributed by atoms with E-state index in [4.69, 9.17) is 4.74 Å². The number of nitrogens with zero attached hydrogens (tertiary/aromatic N) is 1. The summed E-state index contributed by atoms with van der Waals surface area (Å²) < 4.78 is 5.38. The number of benzene rings is 1. The van der Waals surface area contributed by atoms with Crippen LogP contribution in [0.1, 0.15) is 38.4 Å². The molecule has 5 heteroatoms. The fourth-order valence-electron chi connectivity index (χ4n) is 2.39. The lowest BCUT2D eigenvalue weighted by Crippen LogP contribution is -2.26. The van der Waals surface area contributed by atoms with Gasteiger partial charge in [0, 0.05) is 18.2 Å². The van der Waals surface area contributed by atoms with Crippen LogP contribution in [0, 0.1) is 0 Å². The van der Waals surface area contributed by atoms with Gasteiger partial charge in [-0.1, -0.05) is 13.8 Å². The molecule has 2 heterocycles. The molecule has 0 saturated carbocycles. The number of carbonyl (C=O) groups is 1. The van der Waals surface area contributed by atoms with Crippen LogP contribution >= 0.6 is 0 Å². The van der Waals surface area contributed by atoms with Gasteiger partial charge in [0.25, 0.3) is 5.91 Å². The van der Waals surface area contributed by atoms with Gasteiger partial charge >= 0.3 is 0 Å². The first kappa shape index (κ1) is 13.1. The molecule has 1 aromatic heterocycles. The highest BCUT2D eigenvalue weighted by Gasteiger charge is 2.23. The van der Waals surface area contributed by atoms with Crippen LogP contribution < -0.4 is 5.32 Å². The number of carbonyl (C=O) groups excluding carboxylic acids is 1. The highest BCUT2D eigenvalue weighted by atomic mass is 16.5. The number of fused-ring (bicyclic) bond motifs is 1. The topological polar surface area (TPSA) is 67.0 Å². The van der Waals surface area contributed by atoms with Crippen molar-refractivity contribution in [1.82, 2.24) is 9.97 Å². The molecule has 1 amide bonds. The molecule has 1 atom stereocenters. The molecule has 0 bridgehead atoms. The number of ether oxygens (including phenoxy) is 1. The maximum absolute atomic E-state index is 12.0. The van der Waals surface area contributed by atoms with Gasteiger partial charge in [-0.2, -0.15) is 0 Å². The van der Waals surface area contributed by atoms with Crippen molar-refractivity contribution in [2.24, 2.45) is 0 Å². The SMILES string of the molecule is CC(C)c1nc2ccc(NC(=O)C3CCCO3)cc2[nH]1. The fraction of sp³-hybridized carbons (Fsp3) is 0.467. The molecule has 1 fully saturated rings. The normalized spacial score (nSPS) is 18.9. The van der Waals surface area contributed by atoms with Crippen molar-refractivity contribution in [2.45, 2.75) is 38.7 Å². The second-order valence-electron chi connectivity index (χ2n) is 5.50. The molecular weight excluding hydrogens is 254 g/mol. The first-order valence-electron chi connectivity index (χ1n) is 7.05. The molecule has 1 saturated heterocycles. The number of nitrogens with one attached hydrogen (secondary N) is 2. The molecule has 0 spiro atoms. The van der Waals surface area contributed by atoms with Crippen LogP contribution in [0.15, 0.2) is 18.2 Å². The average Bonchev–Trinajstić information content (AvgIpc) is 3.07. The Kier molecular flexibility index (Phi) is 3.44. The number of hydrogen-bond acceptors (Lipinski definition) is 3. The van der Waals surface area contributed by atoms with Gasteiger partial charge in [-0.15, -0.1) is 0 Å². The summed E-state index contributed by atoms with van der Waals surface area (Å²) in [6, 6.07) is 5.71. The van der Waals surface area contributed by atoms with Crippen LogP contribution in [0.5, 0.6) is 0 Å². The van der Waals surface area contributed by atoms with Crippen molar-refractivity contribution in [2.75, 3.05) is 11.9 Å². The molecule has 1 aliphatic heterocycles. The third-order valence-corrected chi connectivity index (χ3v) is 3.54. The molecule has 3 rings (SSSR count). The van der Waals surface area contributed by atoms with E-state index in [1.807, 2.05) is 18.2 Å². The first-order valence-corrected chi connectivity index (χ1v) is 7.05. The standard InChI is InChI=1S/C15H19N3O2/c1-9(2)14-17-11-6-5-10(8-12(11)18-14)16-15(19)13-4-3-7-20-13/h5-6,8-9,13H,3-4,7H2,1-2H3,(H,16,19)(H,17,18). The molecular formula is C15H19N3O2. The van der Waals surface area contributed by atoms with Crippen molar-refractivity contribution in [3.8, 4) is 0 Å². The van der Waals surface area contributed by atoms with E-state index >= 15 is 0 Å². The van der Waals surface area contributed by atoms with Crippen LogP contribution in [0.4, 0.5) is 5.69 Å². The predicted octanol–water partition coefficient (Wildman–Crippen LogP) is 2.80. The van der Waals surface area contributed by atoms with E-state index in [1.165, 1.54) is 0 Å². The highest BCUT2D eigenvalue weighted by Crippen LogP contribution is 2.21. The van der Waals surface area contributed by atoms with Gasteiger partial charge in [-0.3, -0.25) is 4.79 Å². The van der Waals surface area contributed by atoms with Gasteiger partial charge in [0.15, 0.2) is 0 Å². The minimum Gasteiger partial charge on any atom is -0.368 e. The largest absolute Gasteiger partial charge is 0.368 e.